The predicted octanol–water partition coefficient (Wildman–Crippen LogP) is 0.969. The Labute approximate surface area is 85.4 Å². The predicted molar refractivity (Wildman–Crippen MR) is 60.6 cm³/mol. The first-order valence-electron chi connectivity index (χ1n) is 4.66. The van der Waals surface area contributed by atoms with Gasteiger partial charge in [0, 0.05) is 6.99 Å². The lowest BCUT2D eigenvalue weighted by atomic mass is 10.1. The number of nitrogens with zero attached hydrogens (tertiary/aromatic N) is 1. The molecule has 0 aromatic heterocycles. The van der Waals surface area contributed by atoms with E-state index in [1.807, 2.05) is 12.1 Å². The van der Waals surface area contributed by atoms with Gasteiger partial charge in [-0.1, -0.05) is 37.6 Å². The third-order valence-electron chi connectivity index (χ3n) is 1.97. The molecule has 0 bridgehead atoms. The second-order valence-electron chi connectivity index (χ2n) is 3.07. The van der Waals surface area contributed by atoms with Gasteiger partial charge < -0.3 is 5.73 Å². The zero-order valence-corrected chi connectivity index (χ0v) is 8.33. The third-order valence-corrected chi connectivity index (χ3v) is 1.97. The number of nitrogens with two attached hydrogens (primary N) is 2. The molecular weight excluding hydrogens is 176 g/mol. The van der Waals surface area contributed by atoms with Gasteiger partial charge in [-0.2, -0.15) is 0 Å². The van der Waals surface area contributed by atoms with Gasteiger partial charge in [0.1, 0.15) is 0 Å². The molecule has 0 saturated heterocycles. The van der Waals surface area contributed by atoms with Crippen molar-refractivity contribution in [1.82, 2.24) is 5.53 Å². The molecule has 0 atom stereocenters. The largest absolute Gasteiger partial charge is 0.382 e. The van der Waals surface area contributed by atoms with Crippen molar-refractivity contribution in [2.45, 2.75) is 19.8 Å². The van der Waals surface area contributed by atoms with Crippen molar-refractivity contribution in [3.63, 3.8) is 0 Å². The quantitative estimate of drug-likeness (QED) is 0.289. The molecule has 0 saturated carbocycles. The minimum absolute atomic E-state index is 0. The second-order valence-corrected chi connectivity index (χ2v) is 3.07. The number of hydrogen-bond acceptors (Lipinski definition) is 3. The summed E-state index contributed by atoms with van der Waals surface area (Å²) in [5, 5.41) is 3.69. The molecule has 1 rings (SSSR count). The van der Waals surface area contributed by atoms with Crippen LogP contribution in [0, 0.1) is 0 Å². The third kappa shape index (κ3) is 2.74. The maximum atomic E-state index is 5.64. The fourth-order valence-electron chi connectivity index (χ4n) is 1.26. The van der Waals surface area contributed by atoms with Crippen molar-refractivity contribution in [3.05, 3.63) is 35.4 Å². The molecule has 4 nitrogen and oxygen atoms in total. The highest BCUT2D eigenvalue weighted by molar-refractivity contribution is 5.97. The first-order valence-corrected chi connectivity index (χ1v) is 4.66. The Kier molecular flexibility index (Phi) is 3.94. The topological polar surface area (TPSA) is 76.4 Å². The van der Waals surface area contributed by atoms with Crippen LogP contribution in [0.2, 0.25) is 0 Å². The molecule has 0 amide bonds. The van der Waals surface area contributed by atoms with E-state index in [-0.39, 0.29) is 1.43 Å². The van der Waals surface area contributed by atoms with E-state index >= 15 is 0 Å². The van der Waals surface area contributed by atoms with Gasteiger partial charge in [-0.15, -0.1) is 5.10 Å². The summed E-state index contributed by atoms with van der Waals surface area (Å²) in [6.07, 6.45) is 2.24. The van der Waals surface area contributed by atoms with Crippen LogP contribution in [0.15, 0.2) is 29.4 Å². The van der Waals surface area contributed by atoms with Gasteiger partial charge in [0.05, 0.1) is 0 Å². The van der Waals surface area contributed by atoms with Gasteiger partial charge in [0.15, 0.2) is 5.84 Å². The minimum atomic E-state index is 0. The normalized spacial score (nSPS) is 11.4. The maximum Gasteiger partial charge on any atom is 0.152 e. The molecule has 78 valence electrons. The van der Waals surface area contributed by atoms with E-state index in [1.165, 1.54) is 5.56 Å². The van der Waals surface area contributed by atoms with Gasteiger partial charge in [-0.3, -0.25) is 0 Å². The lowest BCUT2D eigenvalue weighted by Crippen LogP contribution is -2.22. The summed E-state index contributed by atoms with van der Waals surface area (Å²) < 4.78 is 0. The maximum absolute atomic E-state index is 5.64. The monoisotopic (exact) mass is 194 g/mol. The van der Waals surface area contributed by atoms with Crippen LogP contribution in [0.4, 0.5) is 0 Å². The Bertz CT molecular complexity index is 308. The Morgan fingerprint density at radius 3 is 2.57 bits per heavy atom. The number of hydrazine groups is 1. The molecule has 0 unspecified atom stereocenters. The SMILES string of the molecule is CCCc1ccc(/C(N)=N/NN)cc1.[HH]. The highest BCUT2D eigenvalue weighted by atomic mass is 15.5. The van der Waals surface area contributed by atoms with Crippen LogP contribution in [-0.4, -0.2) is 5.84 Å². The summed E-state index contributed by atoms with van der Waals surface area (Å²) in [5.74, 6) is 5.43. The van der Waals surface area contributed by atoms with Crippen LogP contribution < -0.4 is 17.1 Å². The van der Waals surface area contributed by atoms with Crippen molar-refractivity contribution in [1.29, 1.82) is 0 Å². The Morgan fingerprint density at radius 1 is 1.43 bits per heavy atom. The highest BCUT2D eigenvalue weighted by Gasteiger charge is 1.97. The molecule has 1 aromatic rings. The van der Waals surface area contributed by atoms with Crippen molar-refractivity contribution >= 4 is 5.84 Å². The second kappa shape index (κ2) is 5.24. The van der Waals surface area contributed by atoms with Crippen LogP contribution in [-0.2, 0) is 6.42 Å². The molecule has 5 N–H and O–H groups in total. The van der Waals surface area contributed by atoms with Crippen LogP contribution in [0.3, 0.4) is 0 Å². The standard InChI is InChI=1S/C10H16N4.H2/c1-2-3-8-4-6-9(7-5-8)10(11)13-14-12;/h4-7,14H,2-3,12H2,1H3,(H2,11,13);1H. The van der Waals surface area contributed by atoms with Crippen molar-refractivity contribution < 1.29 is 1.43 Å². The zero-order valence-electron chi connectivity index (χ0n) is 8.33. The van der Waals surface area contributed by atoms with Gasteiger partial charge in [-0.25, -0.2) is 11.4 Å². The van der Waals surface area contributed by atoms with Crippen LogP contribution in [0.1, 0.15) is 25.9 Å². The molecule has 0 radical (unpaired) electrons. The van der Waals surface area contributed by atoms with Gasteiger partial charge in [-0.05, 0) is 12.0 Å². The van der Waals surface area contributed by atoms with Crippen LogP contribution >= 0.6 is 0 Å². The molecule has 1 aromatic carbocycles. The number of aryl methyl sites for hydroxylation is 1. The Balaban J connectivity index is 0.00000196. The average Bonchev–Trinajstić information content (AvgIpc) is 2.20. The number of nitrogens with one attached hydrogen (secondary N) is 1. The van der Waals surface area contributed by atoms with E-state index in [0.29, 0.717) is 5.84 Å². The Morgan fingerprint density at radius 2 is 2.07 bits per heavy atom. The van der Waals surface area contributed by atoms with E-state index < -0.39 is 0 Å². The smallest absolute Gasteiger partial charge is 0.152 e. The molecule has 0 aliphatic carbocycles. The average molecular weight is 194 g/mol. The van der Waals surface area contributed by atoms with Gasteiger partial charge in [0.2, 0.25) is 0 Å². The molecule has 0 aliphatic heterocycles. The fourth-order valence-corrected chi connectivity index (χ4v) is 1.26. The van der Waals surface area contributed by atoms with Gasteiger partial charge in [0.25, 0.3) is 0 Å². The lowest BCUT2D eigenvalue weighted by Gasteiger charge is -2.02. The number of amidine groups is 1. The molecule has 0 fully saturated rings. The molecule has 0 aliphatic rings. The highest BCUT2D eigenvalue weighted by Crippen LogP contribution is 2.06. The Hall–Kier alpha value is -1.55. The summed E-state index contributed by atoms with van der Waals surface area (Å²) in [5.41, 5.74) is 9.99. The summed E-state index contributed by atoms with van der Waals surface area (Å²) >= 11 is 0. The number of benzene rings is 1. The zero-order chi connectivity index (χ0) is 10.4. The molecule has 14 heavy (non-hydrogen) atoms. The molecule has 0 spiro atoms. The number of hydrazone groups is 1. The molecule has 4 heteroatoms. The fraction of sp³-hybridized carbons (Fsp3) is 0.300. The van der Waals surface area contributed by atoms with Crippen molar-refractivity contribution in [2.75, 3.05) is 0 Å². The van der Waals surface area contributed by atoms with Gasteiger partial charge >= 0.3 is 0 Å². The summed E-state index contributed by atoms with van der Waals surface area (Å²) in [4.78, 5) is 0. The number of hydrogen-bond donors (Lipinski definition) is 3. The lowest BCUT2D eigenvalue weighted by molar-refractivity contribution is 0.804. The summed E-state index contributed by atoms with van der Waals surface area (Å²) in [6, 6.07) is 8.00. The summed E-state index contributed by atoms with van der Waals surface area (Å²) in [7, 11) is 0. The van der Waals surface area contributed by atoms with E-state index in [9.17, 15) is 0 Å². The van der Waals surface area contributed by atoms with Crippen LogP contribution in [0.25, 0.3) is 0 Å². The number of rotatable bonds is 4. The van der Waals surface area contributed by atoms with E-state index in [1.54, 1.807) is 0 Å². The molecular formula is C10H18N4. The minimum Gasteiger partial charge on any atom is -0.382 e. The first-order chi connectivity index (χ1) is 6.77. The first kappa shape index (κ1) is 10.5. The molecule has 0 heterocycles. The van der Waals surface area contributed by atoms with E-state index in [0.717, 1.165) is 18.4 Å². The van der Waals surface area contributed by atoms with Crippen molar-refractivity contribution in [2.24, 2.45) is 16.7 Å². The van der Waals surface area contributed by atoms with E-state index in [4.69, 9.17) is 11.6 Å². The van der Waals surface area contributed by atoms with E-state index in [2.05, 4.69) is 29.7 Å². The van der Waals surface area contributed by atoms with Crippen molar-refractivity contribution in [3.8, 4) is 0 Å². The summed E-state index contributed by atoms with van der Waals surface area (Å²) in [6.45, 7) is 2.15. The van der Waals surface area contributed by atoms with Crippen LogP contribution in [0.5, 0.6) is 0 Å².